The van der Waals surface area contributed by atoms with Gasteiger partial charge in [-0.15, -0.1) is 0 Å². The van der Waals surface area contributed by atoms with Crippen LogP contribution in [0.2, 0.25) is 0 Å². The van der Waals surface area contributed by atoms with Crippen molar-refractivity contribution in [3.63, 3.8) is 0 Å². The number of benzene rings is 2. The molecule has 28 heavy (non-hydrogen) atoms. The summed E-state index contributed by atoms with van der Waals surface area (Å²) < 4.78 is 36.0. The lowest BCUT2D eigenvalue weighted by Gasteiger charge is -2.22. The monoisotopic (exact) mass is 406 g/mol. The molecule has 0 aliphatic heterocycles. The van der Waals surface area contributed by atoms with E-state index in [1.54, 1.807) is 39.3 Å². The Hall–Kier alpha value is -2.58. The van der Waals surface area contributed by atoms with Crippen LogP contribution in [0.5, 0.6) is 11.5 Å². The van der Waals surface area contributed by atoms with Crippen LogP contribution >= 0.6 is 0 Å². The van der Waals surface area contributed by atoms with Crippen molar-refractivity contribution in [1.82, 2.24) is 9.62 Å². The van der Waals surface area contributed by atoms with Gasteiger partial charge in [-0.3, -0.25) is 4.79 Å². The molecule has 0 spiro atoms. The van der Waals surface area contributed by atoms with Gasteiger partial charge in [0.15, 0.2) is 0 Å². The lowest BCUT2D eigenvalue weighted by molar-refractivity contribution is -0.122. The van der Waals surface area contributed by atoms with Crippen LogP contribution in [0.25, 0.3) is 0 Å². The van der Waals surface area contributed by atoms with Crippen LogP contribution in [0.1, 0.15) is 24.1 Å². The molecule has 0 saturated heterocycles. The van der Waals surface area contributed by atoms with E-state index in [2.05, 4.69) is 5.32 Å². The van der Waals surface area contributed by atoms with Crippen molar-refractivity contribution in [3.8, 4) is 11.5 Å². The van der Waals surface area contributed by atoms with Gasteiger partial charge in [0.05, 0.1) is 33.1 Å². The molecule has 0 saturated carbocycles. The fourth-order valence-corrected chi connectivity index (χ4v) is 3.52. The summed E-state index contributed by atoms with van der Waals surface area (Å²) in [5.41, 5.74) is 1.55. The Morgan fingerprint density at radius 2 is 1.79 bits per heavy atom. The highest BCUT2D eigenvalue weighted by Gasteiger charge is 2.22. The molecule has 0 heterocycles. The van der Waals surface area contributed by atoms with E-state index in [9.17, 15) is 13.2 Å². The molecule has 0 fully saturated rings. The molecule has 0 unspecified atom stereocenters. The molecular weight excluding hydrogens is 380 g/mol. The molecule has 0 aromatic heterocycles. The number of rotatable bonds is 9. The van der Waals surface area contributed by atoms with Crippen molar-refractivity contribution in [2.24, 2.45) is 0 Å². The third-order valence-corrected chi connectivity index (χ3v) is 5.47. The number of hydrogen-bond acceptors (Lipinski definition) is 5. The van der Waals surface area contributed by atoms with Crippen LogP contribution in [0.4, 0.5) is 0 Å². The molecule has 1 N–H and O–H groups in total. The minimum atomic E-state index is -3.55. The number of nitrogens with one attached hydrogen (secondary N) is 1. The molecule has 2 aromatic rings. The number of carbonyl (C=O) groups is 1. The van der Waals surface area contributed by atoms with Crippen LogP contribution in [-0.4, -0.2) is 45.7 Å². The van der Waals surface area contributed by atoms with Crippen molar-refractivity contribution in [2.45, 2.75) is 19.5 Å². The first-order chi connectivity index (χ1) is 13.2. The van der Waals surface area contributed by atoms with Gasteiger partial charge in [-0.25, -0.2) is 8.42 Å². The summed E-state index contributed by atoms with van der Waals surface area (Å²) >= 11 is 0. The van der Waals surface area contributed by atoms with Crippen molar-refractivity contribution in [1.29, 1.82) is 0 Å². The quantitative estimate of drug-likeness (QED) is 0.691. The van der Waals surface area contributed by atoms with Gasteiger partial charge in [-0.1, -0.05) is 30.3 Å². The second-order valence-corrected chi connectivity index (χ2v) is 8.40. The van der Waals surface area contributed by atoms with Gasteiger partial charge in [0, 0.05) is 12.1 Å². The first kappa shape index (κ1) is 21.7. The van der Waals surface area contributed by atoms with Gasteiger partial charge in [0.1, 0.15) is 11.5 Å². The number of ether oxygens (including phenoxy) is 2. The topological polar surface area (TPSA) is 84.9 Å². The molecule has 0 bridgehead atoms. The van der Waals surface area contributed by atoms with Crippen LogP contribution in [0.3, 0.4) is 0 Å². The van der Waals surface area contributed by atoms with Crippen LogP contribution < -0.4 is 14.8 Å². The number of amides is 1. The maximum absolute atomic E-state index is 12.5. The van der Waals surface area contributed by atoms with Crippen LogP contribution in [-0.2, 0) is 21.4 Å². The number of nitrogens with zero attached hydrogens (tertiary/aromatic N) is 1. The highest BCUT2D eigenvalue weighted by atomic mass is 32.2. The molecule has 0 radical (unpaired) electrons. The number of methoxy groups -OCH3 is 2. The maximum Gasteiger partial charge on any atom is 0.235 e. The molecule has 0 aliphatic carbocycles. The highest BCUT2D eigenvalue weighted by molar-refractivity contribution is 7.88. The summed E-state index contributed by atoms with van der Waals surface area (Å²) in [6.07, 6.45) is 1.09. The lowest BCUT2D eigenvalue weighted by Crippen LogP contribution is -2.40. The van der Waals surface area contributed by atoms with Crippen LogP contribution in [0.15, 0.2) is 48.5 Å². The summed E-state index contributed by atoms with van der Waals surface area (Å²) in [4.78, 5) is 12.5. The predicted octanol–water partition coefficient (Wildman–Crippen LogP) is 2.34. The van der Waals surface area contributed by atoms with E-state index >= 15 is 0 Å². The van der Waals surface area contributed by atoms with Gasteiger partial charge >= 0.3 is 0 Å². The average molecular weight is 407 g/mol. The highest BCUT2D eigenvalue weighted by Crippen LogP contribution is 2.29. The molecule has 1 amide bonds. The molecule has 152 valence electrons. The van der Waals surface area contributed by atoms with Crippen LogP contribution in [0, 0.1) is 0 Å². The number of sulfonamides is 1. The Morgan fingerprint density at radius 1 is 1.11 bits per heavy atom. The second-order valence-electron chi connectivity index (χ2n) is 6.41. The van der Waals surface area contributed by atoms with Gasteiger partial charge in [0.25, 0.3) is 0 Å². The Balaban J connectivity index is 2.12. The van der Waals surface area contributed by atoms with Gasteiger partial charge in [-0.2, -0.15) is 4.31 Å². The van der Waals surface area contributed by atoms with Crippen molar-refractivity contribution in [3.05, 3.63) is 59.7 Å². The number of hydrogen-bond donors (Lipinski definition) is 1. The normalized spacial score (nSPS) is 12.5. The molecule has 2 rings (SSSR count). The maximum atomic E-state index is 12.5. The summed E-state index contributed by atoms with van der Waals surface area (Å²) in [6, 6.07) is 14.1. The predicted molar refractivity (Wildman–Crippen MR) is 108 cm³/mol. The first-order valence-electron chi connectivity index (χ1n) is 8.75. The summed E-state index contributed by atoms with van der Waals surface area (Å²) in [7, 11) is -0.450. The number of carbonyl (C=O) groups excluding carboxylic acids is 1. The Bertz CT molecular complexity index is 900. The van der Waals surface area contributed by atoms with Crippen molar-refractivity contribution < 1.29 is 22.7 Å². The molecular formula is C20H26N2O5S. The van der Waals surface area contributed by atoms with Gasteiger partial charge < -0.3 is 14.8 Å². The Labute approximate surface area is 166 Å². The third kappa shape index (κ3) is 5.97. The molecule has 1 atom stereocenters. The second kappa shape index (κ2) is 9.57. The first-order valence-corrected chi connectivity index (χ1v) is 10.6. The van der Waals surface area contributed by atoms with Gasteiger partial charge in [0.2, 0.25) is 15.9 Å². The summed E-state index contributed by atoms with van der Waals surface area (Å²) in [5.74, 6) is 0.843. The summed E-state index contributed by atoms with van der Waals surface area (Å²) in [5, 5.41) is 2.83. The average Bonchev–Trinajstić information content (AvgIpc) is 2.67. The summed E-state index contributed by atoms with van der Waals surface area (Å²) in [6.45, 7) is 1.66. The minimum absolute atomic E-state index is 0.129. The lowest BCUT2D eigenvalue weighted by atomic mass is 10.1. The molecule has 2 aromatic carbocycles. The molecule has 7 nitrogen and oxygen atoms in total. The zero-order valence-corrected chi connectivity index (χ0v) is 17.3. The van der Waals surface area contributed by atoms with Gasteiger partial charge in [-0.05, 0) is 30.7 Å². The zero-order chi connectivity index (χ0) is 20.7. The van der Waals surface area contributed by atoms with E-state index < -0.39 is 22.0 Å². The SMILES string of the molecule is COc1ccc(OC)c([C@H](C)NC(=O)CN(Cc2ccccc2)S(C)(=O)=O)c1. The van der Waals surface area contributed by atoms with E-state index in [1.807, 2.05) is 30.3 Å². The zero-order valence-electron chi connectivity index (χ0n) is 16.5. The Kier molecular flexibility index (Phi) is 7.42. The standard InChI is InChI=1S/C20H26N2O5S/c1-15(18-12-17(26-2)10-11-19(18)27-3)21-20(23)14-22(28(4,24)25)13-16-8-6-5-7-9-16/h5-12,15H,13-14H2,1-4H3,(H,21,23)/t15-/m0/s1. The largest absolute Gasteiger partial charge is 0.497 e. The van der Waals surface area contributed by atoms with E-state index in [0.717, 1.165) is 21.7 Å². The van der Waals surface area contributed by atoms with E-state index in [-0.39, 0.29) is 13.1 Å². The fourth-order valence-electron chi connectivity index (χ4n) is 2.78. The third-order valence-electron chi connectivity index (χ3n) is 4.27. The molecule has 8 heteroatoms. The van der Waals surface area contributed by atoms with Crippen molar-refractivity contribution >= 4 is 15.9 Å². The smallest absolute Gasteiger partial charge is 0.235 e. The molecule has 0 aliphatic rings. The minimum Gasteiger partial charge on any atom is -0.497 e. The van der Waals surface area contributed by atoms with E-state index in [0.29, 0.717) is 11.5 Å². The Morgan fingerprint density at radius 3 is 2.36 bits per heavy atom. The van der Waals surface area contributed by atoms with Crippen molar-refractivity contribution in [2.75, 3.05) is 27.0 Å². The van der Waals surface area contributed by atoms with E-state index in [1.165, 1.54) is 0 Å². The fraction of sp³-hybridized carbons (Fsp3) is 0.350. The van der Waals surface area contributed by atoms with E-state index in [4.69, 9.17) is 9.47 Å².